The Hall–Kier alpha value is -0.610. The Morgan fingerprint density at radius 3 is 2.64 bits per heavy atom. The molecule has 0 aromatic heterocycles. The number of carbonyl (C=O) groups excluding carboxylic acids is 1. The second-order valence-electron chi connectivity index (χ2n) is 4.31. The minimum Gasteiger partial charge on any atom is -0.356 e. The number of nitrogens with two attached hydrogens (primary N) is 1. The van der Waals surface area contributed by atoms with Crippen molar-refractivity contribution < 1.29 is 4.79 Å². The van der Waals surface area contributed by atoms with Gasteiger partial charge in [0.25, 0.3) is 0 Å². The number of unbranched alkanes of at least 4 members (excludes halogenated alkanes) is 1. The second-order valence-corrected chi connectivity index (χ2v) is 4.31. The highest BCUT2D eigenvalue weighted by atomic mass is 16.2. The van der Waals surface area contributed by atoms with E-state index < -0.39 is 0 Å². The van der Waals surface area contributed by atoms with Crippen molar-refractivity contribution in [3.05, 3.63) is 0 Å². The number of hydrogen-bond donors (Lipinski definition) is 2. The predicted molar refractivity (Wildman–Crippen MR) is 56.9 cm³/mol. The molecular weight excluding hydrogens is 178 g/mol. The van der Waals surface area contributed by atoms with Gasteiger partial charge in [0.15, 0.2) is 0 Å². The lowest BCUT2D eigenvalue weighted by Crippen LogP contribution is -2.28. The summed E-state index contributed by atoms with van der Waals surface area (Å²) in [6.45, 7) is 1.87. The third kappa shape index (κ3) is 4.07. The molecule has 4 nitrogen and oxygen atoms in total. The van der Waals surface area contributed by atoms with Crippen molar-refractivity contribution in [1.29, 1.82) is 0 Å². The van der Waals surface area contributed by atoms with Crippen LogP contribution in [0.4, 0.5) is 0 Å². The molecule has 1 aliphatic rings. The summed E-state index contributed by atoms with van der Waals surface area (Å²) >= 11 is 0. The highest BCUT2D eigenvalue weighted by Crippen LogP contribution is 2.27. The van der Waals surface area contributed by atoms with Gasteiger partial charge in [-0.3, -0.25) is 4.79 Å². The summed E-state index contributed by atoms with van der Waals surface area (Å²) in [5.41, 5.74) is 5.57. The Balaban J connectivity index is 1.91. The van der Waals surface area contributed by atoms with Crippen molar-refractivity contribution in [2.75, 3.05) is 27.2 Å². The van der Waals surface area contributed by atoms with E-state index in [1.54, 1.807) is 0 Å². The van der Waals surface area contributed by atoms with Gasteiger partial charge in [0.05, 0.1) is 5.92 Å². The lowest BCUT2D eigenvalue weighted by atomic mass is 10.3. The molecule has 0 aromatic carbocycles. The summed E-state index contributed by atoms with van der Waals surface area (Å²) in [6.07, 6.45) is 3.04. The van der Waals surface area contributed by atoms with E-state index >= 15 is 0 Å². The third-order valence-electron chi connectivity index (χ3n) is 2.51. The standard InChI is InChI=1S/C10H21N3O/c1-13(2)6-4-3-5-12-10(14)8-7-9(8)11/h8-9H,3-7,11H2,1-2H3,(H,12,14). The van der Waals surface area contributed by atoms with E-state index in [2.05, 4.69) is 24.3 Å². The molecule has 1 rings (SSSR count). The van der Waals surface area contributed by atoms with Crippen molar-refractivity contribution in [3.8, 4) is 0 Å². The topological polar surface area (TPSA) is 58.4 Å². The first-order chi connectivity index (χ1) is 6.61. The fourth-order valence-electron chi connectivity index (χ4n) is 1.41. The first-order valence-electron chi connectivity index (χ1n) is 5.29. The monoisotopic (exact) mass is 199 g/mol. The average molecular weight is 199 g/mol. The third-order valence-corrected chi connectivity index (χ3v) is 2.51. The van der Waals surface area contributed by atoms with E-state index in [0.29, 0.717) is 0 Å². The molecule has 0 heterocycles. The summed E-state index contributed by atoms with van der Waals surface area (Å²) in [7, 11) is 4.11. The van der Waals surface area contributed by atoms with Gasteiger partial charge in [-0.05, 0) is 39.9 Å². The second kappa shape index (κ2) is 5.32. The van der Waals surface area contributed by atoms with E-state index in [0.717, 1.165) is 32.4 Å². The molecular formula is C10H21N3O. The molecule has 0 aliphatic heterocycles. The lowest BCUT2D eigenvalue weighted by Gasteiger charge is -2.09. The largest absolute Gasteiger partial charge is 0.356 e. The summed E-state index contributed by atoms with van der Waals surface area (Å²) < 4.78 is 0. The fraction of sp³-hybridized carbons (Fsp3) is 0.900. The highest BCUT2D eigenvalue weighted by Gasteiger charge is 2.39. The molecule has 2 atom stereocenters. The average Bonchev–Trinajstić information content (AvgIpc) is 2.81. The number of amides is 1. The van der Waals surface area contributed by atoms with Crippen LogP contribution in [0.5, 0.6) is 0 Å². The summed E-state index contributed by atoms with van der Waals surface area (Å²) in [4.78, 5) is 13.5. The number of nitrogens with zero attached hydrogens (tertiary/aromatic N) is 1. The number of nitrogens with one attached hydrogen (secondary N) is 1. The highest BCUT2D eigenvalue weighted by molar-refractivity contribution is 5.82. The van der Waals surface area contributed by atoms with Gasteiger partial charge >= 0.3 is 0 Å². The van der Waals surface area contributed by atoms with E-state index in [4.69, 9.17) is 5.73 Å². The normalized spacial score (nSPS) is 25.1. The van der Waals surface area contributed by atoms with Crippen LogP contribution in [0.3, 0.4) is 0 Å². The molecule has 0 aromatic rings. The van der Waals surface area contributed by atoms with Crippen LogP contribution in [0.15, 0.2) is 0 Å². The van der Waals surface area contributed by atoms with Gasteiger partial charge in [-0.2, -0.15) is 0 Å². The SMILES string of the molecule is CN(C)CCCCNC(=O)C1CC1N. The van der Waals surface area contributed by atoms with Gasteiger partial charge in [0.1, 0.15) is 0 Å². The van der Waals surface area contributed by atoms with Gasteiger partial charge in [-0.1, -0.05) is 0 Å². The Morgan fingerprint density at radius 2 is 2.14 bits per heavy atom. The van der Waals surface area contributed by atoms with Crippen molar-refractivity contribution in [1.82, 2.24) is 10.2 Å². The molecule has 14 heavy (non-hydrogen) atoms. The van der Waals surface area contributed by atoms with Crippen LogP contribution < -0.4 is 11.1 Å². The Kier molecular flexibility index (Phi) is 4.35. The minimum absolute atomic E-state index is 0.101. The van der Waals surface area contributed by atoms with Crippen LogP contribution in [0.2, 0.25) is 0 Å². The predicted octanol–water partition coefficient (Wildman–Crippen LogP) is -0.208. The van der Waals surface area contributed by atoms with Gasteiger partial charge in [-0.15, -0.1) is 0 Å². The molecule has 1 fully saturated rings. The molecule has 0 saturated heterocycles. The van der Waals surface area contributed by atoms with Crippen molar-refractivity contribution in [3.63, 3.8) is 0 Å². The smallest absolute Gasteiger partial charge is 0.224 e. The van der Waals surface area contributed by atoms with Crippen molar-refractivity contribution in [2.45, 2.75) is 25.3 Å². The molecule has 82 valence electrons. The number of hydrogen-bond acceptors (Lipinski definition) is 3. The first-order valence-corrected chi connectivity index (χ1v) is 5.29. The van der Waals surface area contributed by atoms with Crippen LogP contribution in [0.1, 0.15) is 19.3 Å². The van der Waals surface area contributed by atoms with Crippen molar-refractivity contribution >= 4 is 5.91 Å². The molecule has 3 N–H and O–H groups in total. The van der Waals surface area contributed by atoms with E-state index in [-0.39, 0.29) is 17.9 Å². The molecule has 0 radical (unpaired) electrons. The van der Waals surface area contributed by atoms with Crippen LogP contribution in [-0.2, 0) is 4.79 Å². The minimum atomic E-state index is 0.101. The van der Waals surface area contributed by atoms with E-state index in [9.17, 15) is 4.79 Å². The van der Waals surface area contributed by atoms with Crippen LogP contribution in [0, 0.1) is 5.92 Å². The lowest BCUT2D eigenvalue weighted by molar-refractivity contribution is -0.122. The van der Waals surface area contributed by atoms with Crippen molar-refractivity contribution in [2.24, 2.45) is 11.7 Å². The molecule has 1 amide bonds. The summed E-state index contributed by atoms with van der Waals surface area (Å²) in [5, 5.41) is 2.91. The number of carbonyl (C=O) groups is 1. The van der Waals surface area contributed by atoms with Crippen LogP contribution in [-0.4, -0.2) is 44.0 Å². The molecule has 0 bridgehead atoms. The zero-order chi connectivity index (χ0) is 10.6. The van der Waals surface area contributed by atoms with Crippen LogP contribution >= 0.6 is 0 Å². The van der Waals surface area contributed by atoms with E-state index in [1.165, 1.54) is 0 Å². The first kappa shape index (κ1) is 11.5. The van der Waals surface area contributed by atoms with Gasteiger partial charge in [-0.25, -0.2) is 0 Å². The fourth-order valence-corrected chi connectivity index (χ4v) is 1.41. The van der Waals surface area contributed by atoms with Gasteiger partial charge in [0.2, 0.25) is 5.91 Å². The van der Waals surface area contributed by atoms with Gasteiger partial charge < -0.3 is 16.0 Å². The molecule has 1 saturated carbocycles. The van der Waals surface area contributed by atoms with Gasteiger partial charge in [0, 0.05) is 12.6 Å². The zero-order valence-corrected chi connectivity index (χ0v) is 9.12. The Labute approximate surface area is 85.8 Å². The number of rotatable bonds is 6. The summed E-state index contributed by atoms with van der Waals surface area (Å²) in [5.74, 6) is 0.242. The maximum Gasteiger partial charge on any atom is 0.224 e. The molecule has 2 unspecified atom stereocenters. The Bertz CT molecular complexity index is 194. The van der Waals surface area contributed by atoms with E-state index in [1.807, 2.05) is 0 Å². The Morgan fingerprint density at radius 1 is 1.50 bits per heavy atom. The quantitative estimate of drug-likeness (QED) is 0.582. The maximum absolute atomic E-state index is 11.3. The molecule has 1 aliphatic carbocycles. The molecule has 0 spiro atoms. The maximum atomic E-state index is 11.3. The molecule has 4 heteroatoms. The van der Waals surface area contributed by atoms with Crippen LogP contribution in [0.25, 0.3) is 0 Å². The summed E-state index contributed by atoms with van der Waals surface area (Å²) in [6, 6.07) is 0.122. The zero-order valence-electron chi connectivity index (χ0n) is 9.12.